The third-order valence-electron chi connectivity index (χ3n) is 3.21. The molecule has 1 saturated heterocycles. The van der Waals surface area contributed by atoms with E-state index in [2.05, 4.69) is 5.32 Å². The molecule has 2 heterocycles. The van der Waals surface area contributed by atoms with Gasteiger partial charge in [-0.1, -0.05) is 11.3 Å². The molecule has 1 fully saturated rings. The van der Waals surface area contributed by atoms with E-state index >= 15 is 0 Å². The predicted molar refractivity (Wildman–Crippen MR) is 74.5 cm³/mol. The van der Waals surface area contributed by atoms with E-state index in [-0.39, 0.29) is 34.0 Å². The van der Waals surface area contributed by atoms with Gasteiger partial charge in [-0.2, -0.15) is 4.31 Å². The molecule has 0 radical (unpaired) electrons. The molecule has 0 bridgehead atoms. The Balaban J connectivity index is 2.33. The van der Waals surface area contributed by atoms with E-state index in [9.17, 15) is 18.5 Å². The first-order valence-corrected chi connectivity index (χ1v) is 8.22. The molecule has 2 rings (SSSR count). The van der Waals surface area contributed by atoms with E-state index in [1.165, 1.54) is 11.4 Å². The first-order valence-electron chi connectivity index (χ1n) is 5.97. The summed E-state index contributed by atoms with van der Waals surface area (Å²) in [6.45, 7) is 0.520. The van der Waals surface area contributed by atoms with Crippen molar-refractivity contribution in [2.24, 2.45) is 5.92 Å². The number of aliphatic hydroxyl groups excluding tert-OH is 1. The molecule has 1 aliphatic heterocycles. The van der Waals surface area contributed by atoms with Crippen molar-refractivity contribution in [2.75, 3.05) is 32.1 Å². The molecule has 0 amide bonds. The number of aliphatic hydroxyl groups is 1. The summed E-state index contributed by atoms with van der Waals surface area (Å²) in [7, 11) is -2.22. The van der Waals surface area contributed by atoms with Crippen LogP contribution in [0.15, 0.2) is 10.3 Å². The normalized spacial score (nSPS) is 20.2. The number of nitro groups is 1. The number of thiophene rings is 1. The lowest BCUT2D eigenvalue weighted by Gasteiger charge is -2.14. The van der Waals surface area contributed by atoms with Gasteiger partial charge in [0, 0.05) is 32.8 Å². The maximum Gasteiger partial charge on any atom is 0.304 e. The van der Waals surface area contributed by atoms with E-state index in [4.69, 9.17) is 5.11 Å². The Hall–Kier alpha value is -1.23. The lowest BCUT2D eigenvalue weighted by atomic mass is 10.1. The summed E-state index contributed by atoms with van der Waals surface area (Å²) < 4.78 is 26.0. The molecule has 0 spiro atoms. The van der Waals surface area contributed by atoms with E-state index < -0.39 is 14.9 Å². The highest BCUT2D eigenvalue weighted by Crippen LogP contribution is 2.38. The highest BCUT2D eigenvalue weighted by Gasteiger charge is 2.35. The first kappa shape index (κ1) is 15.2. The summed E-state index contributed by atoms with van der Waals surface area (Å²) in [5.74, 6) is -0.0662. The van der Waals surface area contributed by atoms with Crippen LogP contribution in [0.2, 0.25) is 0 Å². The number of rotatable bonds is 5. The van der Waals surface area contributed by atoms with Gasteiger partial charge in [0.05, 0.1) is 4.92 Å². The Labute approximate surface area is 120 Å². The molecule has 1 aromatic rings. The summed E-state index contributed by atoms with van der Waals surface area (Å²) in [5, 5.41) is 22.8. The van der Waals surface area contributed by atoms with E-state index in [0.29, 0.717) is 13.0 Å². The molecule has 2 N–H and O–H groups in total. The molecule has 112 valence electrons. The van der Waals surface area contributed by atoms with Crippen LogP contribution in [-0.4, -0.2) is 49.5 Å². The van der Waals surface area contributed by atoms with Crippen molar-refractivity contribution < 1.29 is 18.4 Å². The Morgan fingerprint density at radius 3 is 2.80 bits per heavy atom. The average molecular weight is 321 g/mol. The minimum Gasteiger partial charge on any atom is -0.396 e. The van der Waals surface area contributed by atoms with E-state index in [1.54, 1.807) is 0 Å². The van der Waals surface area contributed by atoms with Crippen LogP contribution in [0.4, 0.5) is 10.7 Å². The zero-order chi connectivity index (χ0) is 14.9. The van der Waals surface area contributed by atoms with Gasteiger partial charge >= 0.3 is 5.69 Å². The standard InChI is InChI=1S/C10H15N3O5S2/c1-11-10-8(13(15)16)4-9(19-10)20(17,18)12-3-2-7(5-12)6-14/h4,7,11,14H,2-3,5-6H2,1H3. The van der Waals surface area contributed by atoms with Crippen LogP contribution in [0, 0.1) is 16.0 Å². The lowest BCUT2D eigenvalue weighted by Crippen LogP contribution is -2.28. The number of nitrogens with one attached hydrogen (secondary N) is 1. The van der Waals surface area contributed by atoms with Gasteiger partial charge in [-0.05, 0) is 12.3 Å². The van der Waals surface area contributed by atoms with Crippen LogP contribution in [0.3, 0.4) is 0 Å². The molecule has 1 unspecified atom stereocenters. The molecule has 8 nitrogen and oxygen atoms in total. The van der Waals surface area contributed by atoms with Crippen LogP contribution < -0.4 is 5.32 Å². The van der Waals surface area contributed by atoms with Crippen molar-refractivity contribution in [3.05, 3.63) is 16.2 Å². The smallest absolute Gasteiger partial charge is 0.304 e. The minimum atomic E-state index is -3.73. The average Bonchev–Trinajstić information content (AvgIpc) is 3.05. The molecule has 1 atom stereocenters. The third kappa shape index (κ3) is 2.64. The van der Waals surface area contributed by atoms with Gasteiger partial charge in [0.15, 0.2) is 5.00 Å². The Bertz CT molecular complexity index is 612. The largest absolute Gasteiger partial charge is 0.396 e. The Morgan fingerprint density at radius 1 is 1.65 bits per heavy atom. The second-order valence-electron chi connectivity index (χ2n) is 4.49. The fourth-order valence-corrected chi connectivity index (χ4v) is 5.06. The van der Waals surface area contributed by atoms with Crippen molar-refractivity contribution in [3.63, 3.8) is 0 Å². The van der Waals surface area contributed by atoms with Gasteiger partial charge < -0.3 is 10.4 Å². The van der Waals surface area contributed by atoms with E-state index in [0.717, 1.165) is 17.4 Å². The Morgan fingerprint density at radius 2 is 2.35 bits per heavy atom. The van der Waals surface area contributed by atoms with Gasteiger partial charge in [-0.25, -0.2) is 8.42 Å². The zero-order valence-electron chi connectivity index (χ0n) is 10.8. The van der Waals surface area contributed by atoms with Gasteiger partial charge in [0.1, 0.15) is 4.21 Å². The predicted octanol–water partition coefficient (Wildman–Crippen LogP) is 0.701. The van der Waals surface area contributed by atoms with Gasteiger partial charge in [0.2, 0.25) is 0 Å². The quantitative estimate of drug-likeness (QED) is 0.610. The van der Waals surface area contributed by atoms with Crippen LogP contribution >= 0.6 is 11.3 Å². The van der Waals surface area contributed by atoms with Crippen LogP contribution in [-0.2, 0) is 10.0 Å². The second kappa shape index (κ2) is 5.64. The number of anilines is 1. The number of nitrogens with zero attached hydrogens (tertiary/aromatic N) is 2. The summed E-state index contributed by atoms with van der Waals surface area (Å²) in [5.41, 5.74) is -0.242. The molecule has 0 saturated carbocycles. The number of hydrogen-bond acceptors (Lipinski definition) is 7. The Kier molecular flexibility index (Phi) is 4.28. The van der Waals surface area contributed by atoms with Crippen molar-refractivity contribution in [1.29, 1.82) is 0 Å². The molecule has 10 heteroatoms. The topological polar surface area (TPSA) is 113 Å². The van der Waals surface area contributed by atoms with Crippen LogP contribution in [0.1, 0.15) is 6.42 Å². The van der Waals surface area contributed by atoms with Crippen LogP contribution in [0.25, 0.3) is 0 Å². The SMILES string of the molecule is CNc1sc(S(=O)(=O)N2CCC(CO)C2)cc1[N+](=O)[O-]. The van der Waals surface area contributed by atoms with Crippen molar-refractivity contribution >= 4 is 32.0 Å². The lowest BCUT2D eigenvalue weighted by molar-refractivity contribution is -0.383. The van der Waals surface area contributed by atoms with Crippen molar-refractivity contribution in [1.82, 2.24) is 4.31 Å². The second-order valence-corrected chi connectivity index (χ2v) is 7.70. The van der Waals surface area contributed by atoms with Crippen molar-refractivity contribution in [3.8, 4) is 0 Å². The van der Waals surface area contributed by atoms with Gasteiger partial charge in [0.25, 0.3) is 10.0 Å². The fourth-order valence-electron chi connectivity index (χ4n) is 2.09. The molecule has 1 aliphatic rings. The highest BCUT2D eigenvalue weighted by atomic mass is 32.2. The zero-order valence-corrected chi connectivity index (χ0v) is 12.4. The number of sulfonamides is 1. The van der Waals surface area contributed by atoms with Gasteiger partial charge in [-0.15, -0.1) is 0 Å². The third-order valence-corrected chi connectivity index (χ3v) is 6.67. The molecule has 0 aromatic carbocycles. The van der Waals surface area contributed by atoms with Crippen LogP contribution in [0.5, 0.6) is 0 Å². The minimum absolute atomic E-state index is 0.0489. The summed E-state index contributed by atoms with van der Waals surface area (Å²) in [4.78, 5) is 10.3. The number of hydrogen-bond donors (Lipinski definition) is 2. The summed E-state index contributed by atoms with van der Waals surface area (Å²) in [6.07, 6.45) is 0.599. The highest BCUT2D eigenvalue weighted by molar-refractivity contribution is 7.91. The molecule has 0 aliphatic carbocycles. The summed E-state index contributed by atoms with van der Waals surface area (Å²) in [6, 6.07) is 1.08. The molecular weight excluding hydrogens is 306 g/mol. The maximum atomic E-state index is 12.4. The van der Waals surface area contributed by atoms with Gasteiger partial charge in [-0.3, -0.25) is 10.1 Å². The maximum absolute atomic E-state index is 12.4. The molecule has 20 heavy (non-hydrogen) atoms. The monoisotopic (exact) mass is 321 g/mol. The fraction of sp³-hybridized carbons (Fsp3) is 0.600. The summed E-state index contributed by atoms with van der Waals surface area (Å²) >= 11 is 0.846. The molecule has 1 aromatic heterocycles. The van der Waals surface area contributed by atoms with Crippen molar-refractivity contribution in [2.45, 2.75) is 10.6 Å². The molecular formula is C10H15N3O5S2. The first-order chi connectivity index (χ1) is 9.40. The van der Waals surface area contributed by atoms with E-state index in [1.807, 2.05) is 0 Å².